The quantitative estimate of drug-likeness (QED) is 0.197. The number of furan rings is 1. The number of hydrogen-bond acceptors (Lipinski definition) is 1. The highest BCUT2D eigenvalue weighted by atomic mass is 16.3. The summed E-state index contributed by atoms with van der Waals surface area (Å²) >= 11 is 0. The molecule has 0 spiro atoms. The largest absolute Gasteiger partial charge is 0.456 e. The van der Waals surface area contributed by atoms with Crippen LogP contribution in [0, 0.1) is 0 Å². The van der Waals surface area contributed by atoms with Crippen LogP contribution >= 0.6 is 0 Å². The monoisotopic (exact) mass is 544 g/mol. The summed E-state index contributed by atoms with van der Waals surface area (Å²) in [7, 11) is 0. The Labute approximate surface area is 255 Å². The van der Waals surface area contributed by atoms with Crippen molar-refractivity contribution in [3.8, 4) is 33.4 Å². The van der Waals surface area contributed by atoms with Crippen molar-refractivity contribution >= 4 is 43.5 Å². The third kappa shape index (κ3) is 3.14. The number of para-hydroxylation sites is 1. The smallest absolute Gasteiger partial charge is 0.135 e. The Kier molecular flexibility index (Phi) is 3.41. The fourth-order valence-corrected chi connectivity index (χ4v) is 6.96. The molecule has 0 saturated carbocycles. The van der Waals surface area contributed by atoms with Crippen LogP contribution in [0.25, 0.3) is 76.9 Å². The standard InChI is InChI=1S/C41H28O/c1-41(2)35-17-9-7-11-27(35)33-23-25(19-21-36(33)41)39-29-13-3-5-15-31(29)40(32-16-6-4-14-30(32)39)26-20-22-38-34(24-26)28-12-8-10-18-37(28)42-38/h3-24H,1-2H3/i3D,4D,5D,6D,13D,14D,15D,16D. The second-order valence-electron chi connectivity index (χ2n) is 11.5. The summed E-state index contributed by atoms with van der Waals surface area (Å²) in [4.78, 5) is 0. The molecule has 1 heteroatoms. The van der Waals surface area contributed by atoms with Crippen LogP contribution in [0.4, 0.5) is 0 Å². The lowest BCUT2D eigenvalue weighted by molar-refractivity contribution is 0.660. The minimum Gasteiger partial charge on any atom is -0.456 e. The molecule has 1 heterocycles. The van der Waals surface area contributed by atoms with Crippen LogP contribution < -0.4 is 0 Å². The van der Waals surface area contributed by atoms with Gasteiger partial charge in [0.05, 0.1) is 11.0 Å². The van der Waals surface area contributed by atoms with Gasteiger partial charge in [-0.05, 0) is 90.3 Å². The van der Waals surface area contributed by atoms with Gasteiger partial charge in [0, 0.05) is 16.2 Å². The highest BCUT2D eigenvalue weighted by molar-refractivity contribution is 6.22. The number of benzene rings is 7. The van der Waals surface area contributed by atoms with Gasteiger partial charge in [-0.25, -0.2) is 0 Å². The Balaban J connectivity index is 1.51. The molecule has 1 aliphatic rings. The number of hydrogen-bond donors (Lipinski definition) is 0. The fourth-order valence-electron chi connectivity index (χ4n) is 6.96. The molecule has 8 aromatic rings. The predicted octanol–water partition coefficient (Wildman–Crippen LogP) is 11.5. The van der Waals surface area contributed by atoms with Crippen LogP contribution in [-0.2, 0) is 5.41 Å². The van der Waals surface area contributed by atoms with E-state index in [4.69, 9.17) is 9.90 Å². The minimum atomic E-state index is -0.422. The van der Waals surface area contributed by atoms with Gasteiger partial charge < -0.3 is 4.42 Å². The van der Waals surface area contributed by atoms with Crippen molar-refractivity contribution in [3.63, 3.8) is 0 Å². The first kappa shape index (κ1) is 17.0. The van der Waals surface area contributed by atoms with E-state index in [1.807, 2.05) is 60.7 Å². The molecule has 0 unspecified atom stereocenters. The van der Waals surface area contributed by atoms with Gasteiger partial charge in [0.1, 0.15) is 11.2 Å². The normalized spacial score (nSPS) is 16.3. The van der Waals surface area contributed by atoms with Crippen LogP contribution in [0.5, 0.6) is 0 Å². The summed E-state index contributed by atoms with van der Waals surface area (Å²) in [5.74, 6) is 0. The Morgan fingerprint density at radius 2 is 1.05 bits per heavy atom. The van der Waals surface area contributed by atoms with Crippen molar-refractivity contribution in [2.24, 2.45) is 0 Å². The lowest BCUT2D eigenvalue weighted by Gasteiger charge is -2.22. The van der Waals surface area contributed by atoms with Crippen LogP contribution in [-0.4, -0.2) is 0 Å². The third-order valence-corrected chi connectivity index (χ3v) is 8.91. The minimum absolute atomic E-state index is 0.192. The molecular formula is C41H28O. The van der Waals surface area contributed by atoms with Crippen molar-refractivity contribution in [2.75, 3.05) is 0 Å². The molecule has 0 saturated heterocycles. The highest BCUT2D eigenvalue weighted by Gasteiger charge is 2.35. The molecule has 0 fully saturated rings. The van der Waals surface area contributed by atoms with Crippen LogP contribution in [0.3, 0.4) is 0 Å². The molecule has 0 radical (unpaired) electrons. The topological polar surface area (TPSA) is 13.1 Å². The van der Waals surface area contributed by atoms with Gasteiger partial charge in [-0.15, -0.1) is 0 Å². The summed E-state index contributed by atoms with van der Waals surface area (Å²) in [5, 5.41) is 2.43. The Morgan fingerprint density at radius 3 is 1.76 bits per heavy atom. The van der Waals surface area contributed by atoms with E-state index in [1.165, 1.54) is 5.56 Å². The average Bonchev–Trinajstić information content (AvgIpc) is 3.61. The molecule has 0 atom stereocenters. The lowest BCUT2D eigenvalue weighted by Crippen LogP contribution is -2.14. The van der Waals surface area contributed by atoms with E-state index in [2.05, 4.69) is 26.0 Å². The second kappa shape index (κ2) is 8.44. The van der Waals surface area contributed by atoms with E-state index >= 15 is 0 Å². The van der Waals surface area contributed by atoms with E-state index in [0.29, 0.717) is 33.4 Å². The molecule has 9 rings (SSSR count). The SMILES string of the molecule is [2H]c1c([2H])c([2H])c2c(-c3ccc4oc5ccccc5c4c3)c3c([2H])c([2H])c([2H])c([2H])c3c(-c3ccc4c(c3)-c3ccccc3C4(C)C)c2c1[2H]. The molecule has 0 N–H and O–H groups in total. The van der Waals surface area contributed by atoms with Gasteiger partial charge in [-0.1, -0.05) is 123 Å². The number of fused-ring (bicyclic) bond motifs is 8. The molecule has 0 amide bonds. The van der Waals surface area contributed by atoms with Crippen LogP contribution in [0.15, 0.2) is 138 Å². The molecule has 1 nitrogen and oxygen atoms in total. The lowest BCUT2D eigenvalue weighted by atomic mass is 9.81. The summed E-state index contributed by atoms with van der Waals surface area (Å²) in [6, 6.07) is 24.4. The van der Waals surface area contributed by atoms with Gasteiger partial charge >= 0.3 is 0 Å². The van der Waals surface area contributed by atoms with Gasteiger partial charge in [0.25, 0.3) is 0 Å². The molecule has 0 bridgehead atoms. The molecule has 42 heavy (non-hydrogen) atoms. The Hall–Kier alpha value is -5.14. The van der Waals surface area contributed by atoms with Crippen LogP contribution in [0.2, 0.25) is 0 Å². The predicted molar refractivity (Wildman–Crippen MR) is 177 cm³/mol. The molecule has 0 aliphatic heterocycles. The zero-order valence-corrected chi connectivity index (χ0v) is 23.0. The van der Waals surface area contributed by atoms with E-state index in [0.717, 1.165) is 27.5 Å². The third-order valence-electron chi connectivity index (χ3n) is 8.91. The molecule has 7 aromatic carbocycles. The summed E-state index contributed by atoms with van der Waals surface area (Å²) in [6.07, 6.45) is 0. The summed E-state index contributed by atoms with van der Waals surface area (Å²) in [6.45, 7) is 4.34. The first-order chi connectivity index (χ1) is 23.9. The van der Waals surface area contributed by atoms with Gasteiger partial charge in [-0.2, -0.15) is 0 Å². The van der Waals surface area contributed by atoms with Crippen LogP contribution in [0.1, 0.15) is 35.9 Å². The first-order valence-electron chi connectivity index (χ1n) is 18.0. The van der Waals surface area contributed by atoms with Crippen molar-refractivity contribution in [1.82, 2.24) is 0 Å². The van der Waals surface area contributed by atoms with Gasteiger partial charge in [0.15, 0.2) is 0 Å². The van der Waals surface area contributed by atoms with E-state index in [9.17, 15) is 5.48 Å². The molecule has 198 valence electrons. The van der Waals surface area contributed by atoms with Gasteiger partial charge in [-0.3, -0.25) is 0 Å². The average molecular weight is 545 g/mol. The zero-order valence-electron chi connectivity index (χ0n) is 31.0. The second-order valence-corrected chi connectivity index (χ2v) is 11.5. The summed E-state index contributed by atoms with van der Waals surface area (Å²) in [5.41, 5.74) is 7.17. The number of rotatable bonds is 2. The molecular weight excluding hydrogens is 508 g/mol. The van der Waals surface area contributed by atoms with E-state index in [-0.39, 0.29) is 51.1 Å². The first-order valence-corrected chi connectivity index (χ1v) is 14.0. The highest BCUT2D eigenvalue weighted by Crippen LogP contribution is 2.51. The summed E-state index contributed by atoms with van der Waals surface area (Å²) < 4.78 is 78.4. The Bertz CT molecular complexity index is 2750. The van der Waals surface area contributed by atoms with E-state index in [1.54, 1.807) is 12.1 Å². The fraction of sp³-hybridized carbons (Fsp3) is 0.0732. The maximum Gasteiger partial charge on any atom is 0.135 e. The van der Waals surface area contributed by atoms with Crippen molar-refractivity contribution in [3.05, 3.63) is 144 Å². The van der Waals surface area contributed by atoms with Gasteiger partial charge in [0.2, 0.25) is 0 Å². The maximum atomic E-state index is 9.32. The van der Waals surface area contributed by atoms with Crippen molar-refractivity contribution in [2.45, 2.75) is 19.3 Å². The maximum absolute atomic E-state index is 9.32. The zero-order chi connectivity index (χ0) is 35.0. The van der Waals surface area contributed by atoms with Crippen molar-refractivity contribution in [1.29, 1.82) is 0 Å². The molecule has 1 aromatic heterocycles. The van der Waals surface area contributed by atoms with E-state index < -0.39 is 24.2 Å². The van der Waals surface area contributed by atoms with Crippen molar-refractivity contribution < 1.29 is 15.4 Å². The Morgan fingerprint density at radius 1 is 0.500 bits per heavy atom. The molecule has 1 aliphatic carbocycles.